The van der Waals surface area contributed by atoms with E-state index in [2.05, 4.69) is 13.8 Å². The van der Waals surface area contributed by atoms with Gasteiger partial charge >= 0.3 is 5.97 Å². The lowest BCUT2D eigenvalue weighted by atomic mass is 9.94. The second-order valence-electron chi connectivity index (χ2n) is 5.72. The lowest BCUT2D eigenvalue weighted by molar-refractivity contribution is -0.150. The smallest absolute Gasteiger partial charge is 0.307 e. The van der Waals surface area contributed by atoms with E-state index in [4.69, 9.17) is 0 Å². The number of amides is 1. The Kier molecular flexibility index (Phi) is 3.93. The molecule has 4 heteroatoms. The molecular formula is C14H23NO3. The maximum Gasteiger partial charge on any atom is 0.307 e. The number of nitrogens with zero attached hydrogens (tertiary/aromatic N) is 1. The Morgan fingerprint density at radius 2 is 1.83 bits per heavy atom. The number of carboxylic acids is 1. The number of aliphatic carboxylic acids is 1. The molecule has 0 aromatic carbocycles. The molecule has 102 valence electrons. The summed E-state index contributed by atoms with van der Waals surface area (Å²) >= 11 is 0. The Labute approximate surface area is 108 Å². The number of hydrogen-bond acceptors (Lipinski definition) is 2. The monoisotopic (exact) mass is 253 g/mol. The molecule has 0 radical (unpaired) electrons. The van der Waals surface area contributed by atoms with Crippen molar-refractivity contribution in [2.45, 2.75) is 64.5 Å². The van der Waals surface area contributed by atoms with Crippen LogP contribution in [0.25, 0.3) is 0 Å². The van der Waals surface area contributed by atoms with Crippen LogP contribution in [0.2, 0.25) is 0 Å². The summed E-state index contributed by atoms with van der Waals surface area (Å²) in [4.78, 5) is 25.8. The third-order valence-electron chi connectivity index (χ3n) is 4.66. The molecule has 2 fully saturated rings. The number of carbonyl (C=O) groups is 2. The van der Waals surface area contributed by atoms with Crippen LogP contribution in [0.4, 0.5) is 0 Å². The fourth-order valence-electron chi connectivity index (χ4n) is 3.61. The standard InChI is InChI=1S/C14H23NO3/c1-3-10-8-7-9(2)15(10)13(16)11-5-4-6-12(11)14(17)18/h9-12H,3-8H2,1-2H3,(H,17,18). The van der Waals surface area contributed by atoms with Gasteiger partial charge in [0.2, 0.25) is 5.91 Å². The Hall–Kier alpha value is -1.06. The third-order valence-corrected chi connectivity index (χ3v) is 4.66. The minimum atomic E-state index is -0.800. The highest BCUT2D eigenvalue weighted by atomic mass is 16.4. The number of likely N-dealkylation sites (tertiary alicyclic amines) is 1. The van der Waals surface area contributed by atoms with Crippen molar-refractivity contribution in [1.29, 1.82) is 0 Å². The second kappa shape index (κ2) is 5.29. The van der Waals surface area contributed by atoms with E-state index >= 15 is 0 Å². The highest BCUT2D eigenvalue weighted by Crippen LogP contribution is 2.37. The molecule has 1 N–H and O–H groups in total. The van der Waals surface area contributed by atoms with Gasteiger partial charge in [0.1, 0.15) is 0 Å². The molecule has 0 aromatic rings. The summed E-state index contributed by atoms with van der Waals surface area (Å²) in [7, 11) is 0. The summed E-state index contributed by atoms with van der Waals surface area (Å²) in [6, 6.07) is 0.597. The Morgan fingerprint density at radius 3 is 2.44 bits per heavy atom. The van der Waals surface area contributed by atoms with Crippen LogP contribution in [0.5, 0.6) is 0 Å². The highest BCUT2D eigenvalue weighted by molar-refractivity contribution is 5.86. The molecule has 2 aliphatic rings. The highest BCUT2D eigenvalue weighted by Gasteiger charge is 2.43. The molecule has 18 heavy (non-hydrogen) atoms. The van der Waals surface area contributed by atoms with E-state index in [0.29, 0.717) is 12.5 Å². The van der Waals surface area contributed by atoms with Crippen molar-refractivity contribution < 1.29 is 14.7 Å². The molecule has 1 aliphatic carbocycles. The molecule has 4 unspecified atom stereocenters. The summed E-state index contributed by atoms with van der Waals surface area (Å²) in [6.45, 7) is 4.19. The van der Waals surface area contributed by atoms with E-state index < -0.39 is 11.9 Å². The average molecular weight is 253 g/mol. The van der Waals surface area contributed by atoms with Crippen LogP contribution < -0.4 is 0 Å². The van der Waals surface area contributed by atoms with Gasteiger partial charge in [-0.1, -0.05) is 13.3 Å². The maximum absolute atomic E-state index is 12.6. The lowest BCUT2D eigenvalue weighted by Gasteiger charge is -2.31. The van der Waals surface area contributed by atoms with E-state index in [-0.39, 0.29) is 17.9 Å². The SMILES string of the molecule is CCC1CCC(C)N1C(=O)C1CCCC1C(=O)O. The Morgan fingerprint density at radius 1 is 1.17 bits per heavy atom. The largest absolute Gasteiger partial charge is 0.481 e. The molecule has 1 heterocycles. The van der Waals surface area contributed by atoms with Gasteiger partial charge in [-0.05, 0) is 39.0 Å². The fourth-order valence-corrected chi connectivity index (χ4v) is 3.61. The minimum Gasteiger partial charge on any atom is -0.481 e. The number of hydrogen-bond donors (Lipinski definition) is 1. The van der Waals surface area contributed by atoms with Gasteiger partial charge in [-0.2, -0.15) is 0 Å². The molecule has 0 aromatic heterocycles. The Bertz CT molecular complexity index is 342. The fraction of sp³-hybridized carbons (Fsp3) is 0.857. The van der Waals surface area contributed by atoms with Gasteiger partial charge in [-0.15, -0.1) is 0 Å². The van der Waals surface area contributed by atoms with E-state index in [1.54, 1.807) is 0 Å². The summed E-state index contributed by atoms with van der Waals surface area (Å²) in [5.74, 6) is -1.44. The molecule has 1 amide bonds. The summed E-state index contributed by atoms with van der Waals surface area (Å²) < 4.78 is 0. The zero-order valence-corrected chi connectivity index (χ0v) is 11.3. The molecule has 4 nitrogen and oxygen atoms in total. The van der Waals surface area contributed by atoms with Gasteiger partial charge in [0.15, 0.2) is 0 Å². The molecule has 2 rings (SSSR count). The summed E-state index contributed by atoms with van der Waals surface area (Å²) in [5.41, 5.74) is 0. The predicted molar refractivity (Wildman–Crippen MR) is 68.1 cm³/mol. The maximum atomic E-state index is 12.6. The van der Waals surface area contributed by atoms with Crippen molar-refractivity contribution in [3.05, 3.63) is 0 Å². The van der Waals surface area contributed by atoms with Gasteiger partial charge < -0.3 is 10.0 Å². The van der Waals surface area contributed by atoms with E-state index in [1.165, 1.54) is 0 Å². The van der Waals surface area contributed by atoms with Crippen molar-refractivity contribution >= 4 is 11.9 Å². The van der Waals surface area contributed by atoms with Gasteiger partial charge in [0.05, 0.1) is 11.8 Å². The molecule has 1 saturated heterocycles. The average Bonchev–Trinajstić information content (AvgIpc) is 2.94. The first kappa shape index (κ1) is 13.4. The van der Waals surface area contributed by atoms with Gasteiger partial charge in [0, 0.05) is 12.1 Å². The molecule has 4 atom stereocenters. The Balaban J connectivity index is 2.12. The van der Waals surface area contributed by atoms with E-state index in [0.717, 1.165) is 32.1 Å². The van der Waals surface area contributed by atoms with Gasteiger partial charge in [-0.25, -0.2) is 0 Å². The van der Waals surface area contributed by atoms with Crippen molar-refractivity contribution in [2.24, 2.45) is 11.8 Å². The first-order chi connectivity index (χ1) is 8.56. The molecule has 1 saturated carbocycles. The van der Waals surface area contributed by atoms with E-state index in [9.17, 15) is 14.7 Å². The van der Waals surface area contributed by atoms with Gasteiger partial charge in [-0.3, -0.25) is 9.59 Å². The first-order valence-electron chi connectivity index (χ1n) is 7.11. The van der Waals surface area contributed by atoms with Crippen LogP contribution in [0.15, 0.2) is 0 Å². The number of carboxylic acid groups (broad SMARTS) is 1. The molecule has 0 spiro atoms. The predicted octanol–water partition coefficient (Wildman–Crippen LogP) is 2.28. The quantitative estimate of drug-likeness (QED) is 0.839. The van der Waals surface area contributed by atoms with Crippen molar-refractivity contribution in [2.75, 3.05) is 0 Å². The van der Waals surface area contributed by atoms with Crippen LogP contribution >= 0.6 is 0 Å². The molecular weight excluding hydrogens is 230 g/mol. The minimum absolute atomic E-state index is 0.0942. The number of carbonyl (C=O) groups excluding carboxylic acids is 1. The first-order valence-corrected chi connectivity index (χ1v) is 7.11. The molecule has 0 bridgehead atoms. The molecule has 1 aliphatic heterocycles. The van der Waals surface area contributed by atoms with Crippen LogP contribution in [0.1, 0.15) is 52.4 Å². The summed E-state index contributed by atoms with van der Waals surface area (Å²) in [6.07, 6.45) is 5.36. The van der Waals surface area contributed by atoms with E-state index in [1.807, 2.05) is 4.90 Å². The normalized spacial score (nSPS) is 36.0. The zero-order chi connectivity index (χ0) is 13.3. The second-order valence-corrected chi connectivity index (χ2v) is 5.72. The third kappa shape index (κ3) is 2.25. The topological polar surface area (TPSA) is 57.6 Å². The number of rotatable bonds is 3. The van der Waals surface area contributed by atoms with Crippen molar-refractivity contribution in [3.8, 4) is 0 Å². The van der Waals surface area contributed by atoms with Crippen LogP contribution in [-0.4, -0.2) is 34.0 Å². The van der Waals surface area contributed by atoms with Gasteiger partial charge in [0.25, 0.3) is 0 Å². The zero-order valence-electron chi connectivity index (χ0n) is 11.3. The lowest BCUT2D eigenvalue weighted by Crippen LogP contribution is -2.45. The van der Waals surface area contributed by atoms with Crippen molar-refractivity contribution in [1.82, 2.24) is 4.90 Å². The van der Waals surface area contributed by atoms with Crippen LogP contribution in [0.3, 0.4) is 0 Å². The summed E-state index contributed by atoms with van der Waals surface area (Å²) in [5, 5.41) is 9.19. The van der Waals surface area contributed by atoms with Crippen LogP contribution in [0, 0.1) is 11.8 Å². The van der Waals surface area contributed by atoms with Crippen LogP contribution in [-0.2, 0) is 9.59 Å². The van der Waals surface area contributed by atoms with Crippen molar-refractivity contribution in [3.63, 3.8) is 0 Å².